The summed E-state index contributed by atoms with van der Waals surface area (Å²) >= 11 is 0. The number of carbonyl (C=O) groups is 2. The van der Waals surface area contributed by atoms with Gasteiger partial charge in [0.1, 0.15) is 5.41 Å². The van der Waals surface area contributed by atoms with Gasteiger partial charge in [0.25, 0.3) is 5.91 Å². The Balaban J connectivity index is 1.89. The predicted octanol–water partition coefficient (Wildman–Crippen LogP) is 1.19. The SMILES string of the molecule is COc1ccc(CCNC(=O)C2(C(=O)NOB(O)CCCCN)CCCC2)cc1OC. The molecule has 0 unspecified atom stereocenters. The molecule has 5 N–H and O–H groups in total. The van der Waals surface area contributed by atoms with Crippen molar-refractivity contribution < 1.29 is 28.8 Å². The Kier molecular flexibility index (Phi) is 10.1. The maximum atomic E-state index is 12.9. The summed E-state index contributed by atoms with van der Waals surface area (Å²) in [6.45, 7) is 0.914. The van der Waals surface area contributed by atoms with Gasteiger partial charge in [0.15, 0.2) is 11.5 Å². The van der Waals surface area contributed by atoms with E-state index < -0.39 is 18.4 Å². The summed E-state index contributed by atoms with van der Waals surface area (Å²) in [6, 6.07) is 5.59. The first-order valence-electron chi connectivity index (χ1n) is 10.8. The number of hydrogen-bond donors (Lipinski definition) is 4. The van der Waals surface area contributed by atoms with E-state index in [0.717, 1.165) is 24.8 Å². The third-order valence-electron chi connectivity index (χ3n) is 5.67. The molecule has 10 heteroatoms. The molecule has 0 heterocycles. The van der Waals surface area contributed by atoms with Gasteiger partial charge in [0.05, 0.1) is 14.2 Å². The lowest BCUT2D eigenvalue weighted by molar-refractivity contribution is -0.148. The van der Waals surface area contributed by atoms with Crippen LogP contribution in [0.2, 0.25) is 6.32 Å². The van der Waals surface area contributed by atoms with Crippen molar-refractivity contribution in [3.05, 3.63) is 23.8 Å². The number of benzene rings is 1. The second-order valence-corrected chi connectivity index (χ2v) is 7.77. The van der Waals surface area contributed by atoms with E-state index in [1.54, 1.807) is 14.2 Å². The highest BCUT2D eigenvalue weighted by atomic mass is 16.7. The number of ether oxygens (including phenoxy) is 2. The van der Waals surface area contributed by atoms with Crippen LogP contribution in [0.1, 0.15) is 44.1 Å². The zero-order valence-electron chi connectivity index (χ0n) is 18.4. The van der Waals surface area contributed by atoms with Gasteiger partial charge in [-0.05, 0) is 56.2 Å². The number of nitrogens with one attached hydrogen (secondary N) is 2. The number of hydrogen-bond acceptors (Lipinski definition) is 7. The topological polar surface area (TPSA) is 132 Å². The smallest absolute Gasteiger partial charge is 0.479 e. The van der Waals surface area contributed by atoms with E-state index in [-0.39, 0.29) is 5.91 Å². The quantitative estimate of drug-likeness (QED) is 0.158. The number of methoxy groups -OCH3 is 2. The van der Waals surface area contributed by atoms with Gasteiger partial charge in [-0.25, -0.2) is 5.48 Å². The number of hydroxylamine groups is 1. The van der Waals surface area contributed by atoms with Crippen molar-refractivity contribution in [3.8, 4) is 11.5 Å². The van der Waals surface area contributed by atoms with Crippen LogP contribution in [-0.2, 0) is 20.8 Å². The molecule has 0 spiro atoms. The van der Waals surface area contributed by atoms with Gasteiger partial charge < -0.3 is 25.5 Å². The summed E-state index contributed by atoms with van der Waals surface area (Å²) in [5.74, 6) is 0.443. The lowest BCUT2D eigenvalue weighted by Gasteiger charge is -2.26. The van der Waals surface area contributed by atoms with E-state index in [2.05, 4.69) is 10.8 Å². The Hall–Kier alpha value is -2.30. The van der Waals surface area contributed by atoms with Crippen LogP contribution in [0, 0.1) is 5.41 Å². The molecule has 0 saturated heterocycles. The second-order valence-electron chi connectivity index (χ2n) is 7.77. The van der Waals surface area contributed by atoms with E-state index >= 15 is 0 Å². The third kappa shape index (κ3) is 6.85. The molecular formula is C21H34BN3O6. The van der Waals surface area contributed by atoms with E-state index in [0.29, 0.717) is 56.6 Å². The molecule has 1 aromatic rings. The third-order valence-corrected chi connectivity index (χ3v) is 5.67. The first-order valence-corrected chi connectivity index (χ1v) is 10.8. The largest absolute Gasteiger partial charge is 0.493 e. The fourth-order valence-electron chi connectivity index (χ4n) is 3.80. The zero-order chi connectivity index (χ0) is 22.7. The van der Waals surface area contributed by atoms with Crippen LogP contribution in [0.3, 0.4) is 0 Å². The minimum Gasteiger partial charge on any atom is -0.493 e. The molecule has 1 aromatic carbocycles. The molecule has 0 aliphatic heterocycles. The molecule has 1 fully saturated rings. The summed E-state index contributed by atoms with van der Waals surface area (Å²) in [7, 11) is 2.03. The molecule has 1 saturated carbocycles. The van der Waals surface area contributed by atoms with Gasteiger partial charge in [-0.2, -0.15) is 0 Å². The normalized spacial score (nSPS) is 14.7. The van der Waals surface area contributed by atoms with Gasteiger partial charge in [-0.3, -0.25) is 14.3 Å². The molecule has 0 radical (unpaired) electrons. The molecule has 2 rings (SSSR count). The van der Waals surface area contributed by atoms with E-state index in [9.17, 15) is 14.6 Å². The molecule has 1 aliphatic carbocycles. The first kappa shape index (κ1) is 25.0. The van der Waals surface area contributed by atoms with Gasteiger partial charge >= 0.3 is 7.12 Å². The van der Waals surface area contributed by atoms with Gasteiger partial charge in [0.2, 0.25) is 5.91 Å². The van der Waals surface area contributed by atoms with Crippen LogP contribution in [0.15, 0.2) is 18.2 Å². The van der Waals surface area contributed by atoms with Crippen LogP contribution in [0.4, 0.5) is 0 Å². The Labute approximate surface area is 184 Å². The average Bonchev–Trinajstić information content (AvgIpc) is 3.29. The predicted molar refractivity (Wildman–Crippen MR) is 117 cm³/mol. The number of amides is 2. The van der Waals surface area contributed by atoms with Gasteiger partial charge in [-0.1, -0.05) is 25.3 Å². The number of nitrogens with two attached hydrogens (primary N) is 1. The van der Waals surface area contributed by atoms with Crippen molar-refractivity contribution >= 4 is 18.9 Å². The minimum atomic E-state index is -1.17. The molecule has 0 aromatic heterocycles. The van der Waals surface area contributed by atoms with Gasteiger partial charge in [0, 0.05) is 6.54 Å². The Morgan fingerprint density at radius 3 is 2.48 bits per heavy atom. The van der Waals surface area contributed by atoms with Crippen molar-refractivity contribution in [1.29, 1.82) is 0 Å². The van der Waals surface area contributed by atoms with Gasteiger partial charge in [-0.15, -0.1) is 0 Å². The van der Waals surface area contributed by atoms with E-state index in [1.807, 2.05) is 18.2 Å². The first-order chi connectivity index (χ1) is 15.0. The van der Waals surface area contributed by atoms with Crippen LogP contribution >= 0.6 is 0 Å². The Morgan fingerprint density at radius 1 is 1.13 bits per heavy atom. The van der Waals surface area contributed by atoms with Crippen LogP contribution < -0.4 is 26.0 Å². The standard InChI is InChI=1S/C21H34BN3O6/c1-29-17-8-7-16(15-18(17)30-2)9-14-24-19(26)21(10-3-4-11-21)20(27)25-31-22(28)12-5-6-13-23/h7-8,15,28H,3-6,9-14,23H2,1-2H3,(H,24,26)(H,25,27). The molecule has 2 amide bonds. The fraction of sp³-hybridized carbons (Fsp3) is 0.619. The van der Waals surface area contributed by atoms with Crippen molar-refractivity contribution in [1.82, 2.24) is 10.8 Å². The molecule has 172 valence electrons. The molecule has 0 bridgehead atoms. The van der Waals surface area contributed by atoms with Crippen LogP contribution in [0.25, 0.3) is 0 Å². The van der Waals surface area contributed by atoms with Crippen molar-refractivity contribution in [2.75, 3.05) is 27.3 Å². The Bertz CT molecular complexity index is 727. The molecule has 9 nitrogen and oxygen atoms in total. The Morgan fingerprint density at radius 2 is 1.84 bits per heavy atom. The average molecular weight is 435 g/mol. The number of unbranched alkanes of at least 4 members (excludes halogenated alkanes) is 1. The van der Waals surface area contributed by atoms with Crippen molar-refractivity contribution in [3.63, 3.8) is 0 Å². The molecule has 0 atom stereocenters. The lowest BCUT2D eigenvalue weighted by Crippen LogP contribution is -2.51. The van der Waals surface area contributed by atoms with E-state index in [1.165, 1.54) is 0 Å². The lowest BCUT2D eigenvalue weighted by atomic mass is 9.82. The highest BCUT2D eigenvalue weighted by molar-refractivity contribution is 6.42. The summed E-state index contributed by atoms with van der Waals surface area (Å²) in [6.07, 6.45) is 4.88. The summed E-state index contributed by atoms with van der Waals surface area (Å²) in [4.78, 5) is 25.7. The molecular weight excluding hydrogens is 401 g/mol. The number of carbonyl (C=O) groups excluding carboxylic acids is 2. The van der Waals surface area contributed by atoms with Crippen molar-refractivity contribution in [2.45, 2.75) is 51.3 Å². The minimum absolute atomic E-state index is 0.316. The zero-order valence-corrected chi connectivity index (χ0v) is 18.4. The highest BCUT2D eigenvalue weighted by Crippen LogP contribution is 2.38. The maximum Gasteiger partial charge on any atom is 0.479 e. The second kappa shape index (κ2) is 12.5. The summed E-state index contributed by atoms with van der Waals surface area (Å²) in [5.41, 5.74) is 7.53. The maximum absolute atomic E-state index is 12.9. The van der Waals surface area contributed by atoms with E-state index in [4.69, 9.17) is 20.0 Å². The monoisotopic (exact) mass is 435 g/mol. The van der Waals surface area contributed by atoms with Crippen molar-refractivity contribution in [2.24, 2.45) is 11.1 Å². The summed E-state index contributed by atoms with van der Waals surface area (Å²) in [5, 5.41) is 12.7. The molecule has 1 aliphatic rings. The van der Waals surface area contributed by atoms with Crippen LogP contribution in [0.5, 0.6) is 11.5 Å². The summed E-state index contributed by atoms with van der Waals surface area (Å²) < 4.78 is 15.6. The van der Waals surface area contributed by atoms with Crippen LogP contribution in [-0.4, -0.2) is 51.3 Å². The molecule has 31 heavy (non-hydrogen) atoms. The highest BCUT2D eigenvalue weighted by Gasteiger charge is 2.48. The number of rotatable bonds is 13. The fourth-order valence-corrected chi connectivity index (χ4v) is 3.80.